The van der Waals surface area contributed by atoms with Crippen LogP contribution in [0.1, 0.15) is 47.4 Å². The maximum Gasteiger partial charge on any atom is 0.263 e. The van der Waals surface area contributed by atoms with Crippen molar-refractivity contribution < 1.29 is 9.21 Å². The van der Waals surface area contributed by atoms with Crippen molar-refractivity contribution in [1.29, 1.82) is 0 Å². The van der Waals surface area contributed by atoms with Crippen LogP contribution in [0.4, 0.5) is 0 Å². The van der Waals surface area contributed by atoms with E-state index in [-0.39, 0.29) is 23.1 Å². The number of carbonyl (C=O) groups is 1. The Bertz CT molecular complexity index is 1340. The molecule has 1 aliphatic carbocycles. The van der Waals surface area contributed by atoms with Crippen LogP contribution in [0, 0.1) is 0 Å². The number of thiophene rings is 1. The summed E-state index contributed by atoms with van der Waals surface area (Å²) in [5, 5.41) is 4.36. The summed E-state index contributed by atoms with van der Waals surface area (Å²) in [7, 11) is 0. The Hall–Kier alpha value is -2.84. The molecule has 3 aromatic heterocycles. The molecule has 0 saturated carbocycles. The maximum atomic E-state index is 13.5. The quantitative estimate of drug-likeness (QED) is 0.263. The molecule has 1 amide bonds. The van der Waals surface area contributed by atoms with E-state index in [1.807, 2.05) is 30.3 Å². The third kappa shape index (κ3) is 4.70. The number of thioether (sulfide) groups is 1. The number of nitrogens with one attached hydrogen (secondary N) is 1. The molecule has 0 unspecified atom stereocenters. The van der Waals surface area contributed by atoms with Crippen LogP contribution in [0.5, 0.6) is 0 Å². The van der Waals surface area contributed by atoms with Gasteiger partial charge in [0.1, 0.15) is 10.6 Å². The van der Waals surface area contributed by atoms with Gasteiger partial charge in [0.05, 0.1) is 23.9 Å². The normalized spacial score (nSPS) is 13.8. The van der Waals surface area contributed by atoms with Crippen LogP contribution in [0.25, 0.3) is 10.2 Å². The topological polar surface area (TPSA) is 77.1 Å². The number of fused-ring (bicyclic) bond motifs is 3. The zero-order chi connectivity index (χ0) is 23.5. The molecule has 0 saturated heterocycles. The van der Waals surface area contributed by atoms with E-state index in [1.54, 1.807) is 22.2 Å². The molecule has 0 spiro atoms. The number of aromatic nitrogens is 2. The van der Waals surface area contributed by atoms with Gasteiger partial charge in [-0.15, -0.1) is 11.3 Å². The van der Waals surface area contributed by atoms with Gasteiger partial charge in [-0.25, -0.2) is 4.98 Å². The first kappa shape index (κ1) is 22.9. The van der Waals surface area contributed by atoms with Crippen molar-refractivity contribution in [1.82, 2.24) is 14.9 Å². The van der Waals surface area contributed by atoms with Crippen molar-refractivity contribution in [2.24, 2.45) is 0 Å². The lowest BCUT2D eigenvalue weighted by atomic mass is 9.96. The molecule has 5 rings (SSSR count). The van der Waals surface area contributed by atoms with Crippen LogP contribution < -0.4 is 10.9 Å². The summed E-state index contributed by atoms with van der Waals surface area (Å²) in [4.78, 5) is 33.1. The van der Waals surface area contributed by atoms with E-state index in [9.17, 15) is 9.59 Å². The predicted octanol–water partition coefficient (Wildman–Crippen LogP) is 4.99. The van der Waals surface area contributed by atoms with Gasteiger partial charge < -0.3 is 9.73 Å². The van der Waals surface area contributed by atoms with Crippen LogP contribution in [-0.2, 0) is 24.2 Å². The zero-order valence-electron chi connectivity index (χ0n) is 19.1. The first-order chi connectivity index (χ1) is 16.6. The molecule has 8 heteroatoms. The van der Waals surface area contributed by atoms with E-state index in [0.717, 1.165) is 41.5 Å². The predicted molar refractivity (Wildman–Crippen MR) is 137 cm³/mol. The molecular formula is C26H27N3O3S2. The van der Waals surface area contributed by atoms with E-state index in [0.29, 0.717) is 24.0 Å². The minimum atomic E-state index is -0.0630. The lowest BCUT2D eigenvalue weighted by Gasteiger charge is -2.16. The van der Waals surface area contributed by atoms with Gasteiger partial charge in [0.2, 0.25) is 5.91 Å². The Balaban J connectivity index is 1.34. The monoisotopic (exact) mass is 493 g/mol. The number of rotatable bonds is 9. The average Bonchev–Trinajstić information content (AvgIpc) is 3.59. The van der Waals surface area contributed by atoms with Crippen molar-refractivity contribution in [2.45, 2.75) is 50.2 Å². The van der Waals surface area contributed by atoms with Gasteiger partial charge in [0.25, 0.3) is 5.56 Å². The highest BCUT2D eigenvalue weighted by Crippen LogP contribution is 2.35. The number of furan rings is 1. The van der Waals surface area contributed by atoms with Gasteiger partial charge in [-0.05, 0) is 48.9 Å². The zero-order valence-corrected chi connectivity index (χ0v) is 20.7. The van der Waals surface area contributed by atoms with Crippen molar-refractivity contribution in [3.8, 4) is 0 Å². The van der Waals surface area contributed by atoms with Gasteiger partial charge in [-0.1, -0.05) is 49.0 Å². The smallest absolute Gasteiger partial charge is 0.263 e. The molecule has 1 aliphatic rings. The fraction of sp³-hybridized carbons (Fsp3) is 0.346. The lowest BCUT2D eigenvalue weighted by molar-refractivity contribution is -0.118. The highest BCUT2D eigenvalue weighted by atomic mass is 32.2. The lowest BCUT2D eigenvalue weighted by Crippen LogP contribution is -2.30. The Labute approximate surface area is 206 Å². The molecule has 1 aromatic carbocycles. The Kier molecular flexibility index (Phi) is 6.87. The first-order valence-electron chi connectivity index (χ1n) is 11.7. The van der Waals surface area contributed by atoms with E-state index in [1.165, 1.54) is 22.2 Å². The van der Waals surface area contributed by atoms with Gasteiger partial charge in [0.15, 0.2) is 5.16 Å². The Morgan fingerprint density at radius 1 is 1.24 bits per heavy atom. The second-order valence-corrected chi connectivity index (χ2v) is 10.5. The molecule has 4 aromatic rings. The highest BCUT2D eigenvalue weighted by molar-refractivity contribution is 7.99. The van der Waals surface area contributed by atoms with Crippen molar-refractivity contribution in [3.63, 3.8) is 0 Å². The summed E-state index contributed by atoms with van der Waals surface area (Å²) in [5.41, 5.74) is 2.34. The van der Waals surface area contributed by atoms with Gasteiger partial charge in [-0.3, -0.25) is 14.2 Å². The Morgan fingerprint density at radius 2 is 2.09 bits per heavy atom. The van der Waals surface area contributed by atoms with Gasteiger partial charge >= 0.3 is 0 Å². The standard InChI is InChI=1S/C26H27N3O3S2/c1-2-17(18-8-4-3-5-9-18)14-27-22(30)16-33-26-28-24-23(20-11-6-12-21(20)34-24)25(31)29(26)15-19-10-7-13-32-19/h3-5,7-10,13,17H,2,6,11-12,14-16H2,1H3,(H,27,30)/t17-/m1/s1. The molecule has 1 N–H and O–H groups in total. The van der Waals surface area contributed by atoms with Crippen LogP contribution in [0.15, 0.2) is 63.1 Å². The molecule has 0 bridgehead atoms. The molecule has 1 atom stereocenters. The SMILES string of the molecule is CC[C@H](CNC(=O)CSc1nc2sc3c(c2c(=O)n1Cc1ccco1)CCC3)c1ccccc1. The van der Waals surface area contributed by atoms with Crippen LogP contribution in [0.2, 0.25) is 0 Å². The number of benzene rings is 1. The molecule has 34 heavy (non-hydrogen) atoms. The fourth-order valence-electron chi connectivity index (χ4n) is 4.51. The number of carbonyl (C=O) groups excluding carboxylic acids is 1. The summed E-state index contributed by atoms with van der Waals surface area (Å²) < 4.78 is 7.16. The Morgan fingerprint density at radius 3 is 2.85 bits per heavy atom. The van der Waals surface area contributed by atoms with Crippen LogP contribution >= 0.6 is 23.1 Å². The average molecular weight is 494 g/mol. The second kappa shape index (κ2) is 10.2. The second-order valence-electron chi connectivity index (χ2n) is 8.51. The van der Waals surface area contributed by atoms with Crippen molar-refractivity contribution in [3.05, 3.63) is 80.8 Å². The van der Waals surface area contributed by atoms with E-state index in [2.05, 4.69) is 24.4 Å². The molecule has 0 fully saturated rings. The van der Waals surface area contributed by atoms with Crippen LogP contribution in [0.3, 0.4) is 0 Å². The third-order valence-electron chi connectivity index (χ3n) is 6.33. The number of aryl methyl sites for hydroxylation is 2. The molecule has 176 valence electrons. The maximum absolute atomic E-state index is 13.5. The molecule has 0 radical (unpaired) electrons. The summed E-state index contributed by atoms with van der Waals surface area (Å²) in [6, 6.07) is 13.9. The van der Waals surface area contributed by atoms with Gasteiger partial charge in [-0.2, -0.15) is 0 Å². The fourth-order valence-corrected chi connectivity index (χ4v) is 6.64. The molecular weight excluding hydrogens is 466 g/mol. The highest BCUT2D eigenvalue weighted by Gasteiger charge is 2.24. The first-order valence-corrected chi connectivity index (χ1v) is 13.5. The number of hydrogen-bond donors (Lipinski definition) is 1. The number of amides is 1. The van der Waals surface area contributed by atoms with E-state index in [4.69, 9.17) is 9.40 Å². The molecule has 3 heterocycles. The summed E-state index contributed by atoms with van der Waals surface area (Å²) >= 11 is 2.93. The van der Waals surface area contributed by atoms with Crippen molar-refractivity contribution in [2.75, 3.05) is 12.3 Å². The van der Waals surface area contributed by atoms with E-state index >= 15 is 0 Å². The molecule has 6 nitrogen and oxygen atoms in total. The number of hydrogen-bond acceptors (Lipinski definition) is 6. The van der Waals surface area contributed by atoms with Crippen molar-refractivity contribution >= 4 is 39.2 Å². The molecule has 0 aliphatic heterocycles. The summed E-state index contributed by atoms with van der Waals surface area (Å²) in [5.74, 6) is 1.10. The van der Waals surface area contributed by atoms with Gasteiger partial charge in [0, 0.05) is 17.3 Å². The van der Waals surface area contributed by atoms with Crippen LogP contribution in [-0.4, -0.2) is 27.8 Å². The minimum absolute atomic E-state index is 0.0427. The third-order valence-corrected chi connectivity index (χ3v) is 8.49. The summed E-state index contributed by atoms with van der Waals surface area (Å²) in [6.45, 7) is 3.02. The minimum Gasteiger partial charge on any atom is -0.467 e. The number of nitrogens with zero attached hydrogens (tertiary/aromatic N) is 2. The largest absolute Gasteiger partial charge is 0.467 e. The van der Waals surface area contributed by atoms with E-state index < -0.39 is 0 Å². The summed E-state index contributed by atoms with van der Waals surface area (Å²) in [6.07, 6.45) is 5.58.